The SMILES string of the molecule is O=c1cc(-c2ccccc2)[nH]c2ccc3c(c12)CCN3S(=O)(=O)c1ccc(C(F)(F)F)cc1. The topological polar surface area (TPSA) is 70.2 Å². The molecule has 168 valence electrons. The Balaban J connectivity index is 1.57. The van der Waals surface area contributed by atoms with E-state index >= 15 is 0 Å². The number of aromatic amines is 1. The van der Waals surface area contributed by atoms with E-state index in [1.165, 1.54) is 6.07 Å². The number of rotatable bonds is 3. The molecule has 33 heavy (non-hydrogen) atoms. The zero-order valence-corrected chi connectivity index (χ0v) is 17.9. The number of H-pyrrole nitrogens is 1. The van der Waals surface area contributed by atoms with Crippen LogP contribution in [0.4, 0.5) is 18.9 Å². The van der Waals surface area contributed by atoms with Crippen molar-refractivity contribution >= 4 is 26.6 Å². The molecule has 9 heteroatoms. The van der Waals surface area contributed by atoms with Crippen molar-refractivity contribution in [2.45, 2.75) is 17.5 Å². The van der Waals surface area contributed by atoms with Crippen molar-refractivity contribution in [3.05, 3.63) is 94.1 Å². The number of fused-ring (bicyclic) bond motifs is 3. The molecule has 1 aliphatic rings. The van der Waals surface area contributed by atoms with Crippen LogP contribution in [0.3, 0.4) is 0 Å². The first-order valence-corrected chi connectivity index (χ1v) is 11.5. The van der Waals surface area contributed by atoms with Gasteiger partial charge in [-0.3, -0.25) is 9.10 Å². The second-order valence-electron chi connectivity index (χ2n) is 7.75. The van der Waals surface area contributed by atoms with Gasteiger partial charge in [-0.1, -0.05) is 30.3 Å². The van der Waals surface area contributed by atoms with Crippen LogP contribution in [0.25, 0.3) is 22.2 Å². The molecule has 5 nitrogen and oxygen atoms in total. The molecule has 4 aromatic rings. The highest BCUT2D eigenvalue weighted by Crippen LogP contribution is 2.37. The summed E-state index contributed by atoms with van der Waals surface area (Å²) in [7, 11) is -4.09. The van der Waals surface area contributed by atoms with Gasteiger partial charge in [0.05, 0.1) is 27.0 Å². The molecule has 5 rings (SSSR count). The maximum Gasteiger partial charge on any atom is 0.416 e. The molecule has 0 fully saturated rings. The van der Waals surface area contributed by atoms with Crippen molar-refractivity contribution in [3.8, 4) is 11.3 Å². The smallest absolute Gasteiger partial charge is 0.354 e. The minimum absolute atomic E-state index is 0.0949. The Kier molecular flexibility index (Phi) is 4.82. The molecule has 1 N–H and O–H groups in total. The molecule has 0 aliphatic carbocycles. The maximum absolute atomic E-state index is 13.2. The summed E-state index contributed by atoms with van der Waals surface area (Å²) in [5, 5.41) is 0.414. The minimum atomic E-state index is -4.55. The number of hydrogen-bond acceptors (Lipinski definition) is 3. The highest BCUT2D eigenvalue weighted by Gasteiger charge is 2.34. The molecular weight excluding hydrogens is 453 g/mol. The van der Waals surface area contributed by atoms with E-state index in [0.717, 1.165) is 34.1 Å². The molecular formula is C24H17F3N2O3S. The second-order valence-corrected chi connectivity index (χ2v) is 9.61. The van der Waals surface area contributed by atoms with E-state index in [0.29, 0.717) is 34.3 Å². The minimum Gasteiger partial charge on any atom is -0.354 e. The molecule has 0 saturated carbocycles. The predicted molar refractivity (Wildman–Crippen MR) is 120 cm³/mol. The lowest BCUT2D eigenvalue weighted by atomic mass is 10.0. The Morgan fingerprint density at radius 1 is 0.909 bits per heavy atom. The summed E-state index contributed by atoms with van der Waals surface area (Å²) < 4.78 is 66.0. The molecule has 0 radical (unpaired) electrons. The molecule has 1 aliphatic heterocycles. The molecule has 0 unspecified atom stereocenters. The van der Waals surface area contributed by atoms with Gasteiger partial charge in [-0.15, -0.1) is 0 Å². The van der Waals surface area contributed by atoms with Crippen LogP contribution in [0.5, 0.6) is 0 Å². The van der Waals surface area contributed by atoms with Crippen molar-refractivity contribution in [2.75, 3.05) is 10.8 Å². The number of nitrogens with one attached hydrogen (secondary N) is 1. The van der Waals surface area contributed by atoms with E-state index in [9.17, 15) is 26.4 Å². The largest absolute Gasteiger partial charge is 0.416 e. The zero-order chi connectivity index (χ0) is 23.4. The van der Waals surface area contributed by atoms with Gasteiger partial charge in [-0.2, -0.15) is 13.2 Å². The Morgan fingerprint density at radius 3 is 2.27 bits per heavy atom. The molecule has 0 saturated heterocycles. The summed E-state index contributed by atoms with van der Waals surface area (Å²) in [6.07, 6.45) is -4.23. The summed E-state index contributed by atoms with van der Waals surface area (Å²) in [4.78, 5) is 16.0. The first kappa shape index (κ1) is 21.3. The number of anilines is 1. The van der Waals surface area contributed by atoms with Crippen LogP contribution in [0.1, 0.15) is 11.1 Å². The number of hydrogen-bond donors (Lipinski definition) is 1. The molecule has 0 bridgehead atoms. The average molecular weight is 470 g/mol. The van der Waals surface area contributed by atoms with E-state index in [-0.39, 0.29) is 16.9 Å². The zero-order valence-electron chi connectivity index (χ0n) is 17.1. The quantitative estimate of drug-likeness (QED) is 0.460. The standard InChI is InChI=1S/C24H17F3N2O3S/c25-24(26,27)16-6-8-17(9-7-16)33(31,32)29-13-12-18-21(29)11-10-19-23(18)22(30)14-20(28-19)15-4-2-1-3-5-15/h1-11,14H,12-13H2,(H,28,30). The molecule has 0 spiro atoms. The van der Waals surface area contributed by atoms with Crippen LogP contribution in [-0.4, -0.2) is 19.9 Å². The number of aromatic nitrogens is 1. The number of benzene rings is 3. The van der Waals surface area contributed by atoms with Gasteiger partial charge in [0.15, 0.2) is 5.43 Å². The number of halogens is 3. The van der Waals surface area contributed by atoms with E-state index < -0.39 is 21.8 Å². The monoisotopic (exact) mass is 470 g/mol. The molecule has 0 atom stereocenters. The molecule has 1 aromatic heterocycles. The van der Waals surface area contributed by atoms with Crippen molar-refractivity contribution in [1.82, 2.24) is 4.98 Å². The summed E-state index contributed by atoms with van der Waals surface area (Å²) in [5.74, 6) is 0. The van der Waals surface area contributed by atoms with Crippen molar-refractivity contribution in [3.63, 3.8) is 0 Å². The fourth-order valence-electron chi connectivity index (χ4n) is 4.19. The lowest BCUT2D eigenvalue weighted by Crippen LogP contribution is -2.29. The molecule has 2 heterocycles. The number of alkyl halides is 3. The molecule has 0 amide bonds. The van der Waals surface area contributed by atoms with Crippen molar-refractivity contribution in [2.24, 2.45) is 0 Å². The van der Waals surface area contributed by atoms with Gasteiger partial charge in [-0.05, 0) is 53.9 Å². The summed E-state index contributed by atoms with van der Waals surface area (Å²) in [5.41, 5.74) is 1.91. The maximum atomic E-state index is 13.2. The van der Waals surface area contributed by atoms with Gasteiger partial charge in [0.25, 0.3) is 10.0 Å². The van der Waals surface area contributed by atoms with Crippen LogP contribution >= 0.6 is 0 Å². The summed E-state index contributed by atoms with van der Waals surface area (Å²) >= 11 is 0. The van der Waals surface area contributed by atoms with Crippen molar-refractivity contribution in [1.29, 1.82) is 0 Å². The third-order valence-electron chi connectivity index (χ3n) is 5.77. The fourth-order valence-corrected chi connectivity index (χ4v) is 5.69. The highest BCUT2D eigenvalue weighted by molar-refractivity contribution is 7.92. The van der Waals surface area contributed by atoms with Crippen LogP contribution in [0, 0.1) is 0 Å². The lowest BCUT2D eigenvalue weighted by Gasteiger charge is -2.20. The molecule has 3 aromatic carbocycles. The lowest BCUT2D eigenvalue weighted by molar-refractivity contribution is -0.137. The van der Waals surface area contributed by atoms with E-state index in [1.807, 2.05) is 30.3 Å². The van der Waals surface area contributed by atoms with E-state index in [1.54, 1.807) is 12.1 Å². The van der Waals surface area contributed by atoms with Crippen LogP contribution < -0.4 is 9.73 Å². The van der Waals surface area contributed by atoms with Gasteiger partial charge in [0.2, 0.25) is 0 Å². The third kappa shape index (κ3) is 3.58. The fraction of sp³-hybridized carbons (Fsp3) is 0.125. The van der Waals surface area contributed by atoms with E-state index in [2.05, 4.69) is 4.98 Å². The Hall–Kier alpha value is -3.59. The van der Waals surface area contributed by atoms with Crippen LogP contribution in [0.15, 0.2) is 82.5 Å². The first-order chi connectivity index (χ1) is 15.7. The average Bonchev–Trinajstić information content (AvgIpc) is 3.24. The Labute approximate surface area is 187 Å². The van der Waals surface area contributed by atoms with Gasteiger partial charge in [0.1, 0.15) is 0 Å². The second kappa shape index (κ2) is 7.48. The summed E-state index contributed by atoms with van der Waals surface area (Å²) in [6, 6.07) is 17.5. The number of sulfonamides is 1. The van der Waals surface area contributed by atoms with Crippen molar-refractivity contribution < 1.29 is 21.6 Å². The first-order valence-electron chi connectivity index (χ1n) is 10.1. The predicted octanol–water partition coefficient (Wildman–Crippen LogP) is 4.97. The van der Waals surface area contributed by atoms with Gasteiger partial charge < -0.3 is 4.98 Å². The Morgan fingerprint density at radius 2 is 1.61 bits per heavy atom. The van der Waals surface area contributed by atoms with Gasteiger partial charge in [0, 0.05) is 18.3 Å². The number of pyridine rings is 1. The highest BCUT2D eigenvalue weighted by atomic mass is 32.2. The normalized spacial score (nSPS) is 14.0. The summed E-state index contributed by atoms with van der Waals surface area (Å²) in [6.45, 7) is 0.0949. The Bertz CT molecular complexity index is 1530. The van der Waals surface area contributed by atoms with Gasteiger partial charge in [-0.25, -0.2) is 8.42 Å². The van der Waals surface area contributed by atoms with Gasteiger partial charge >= 0.3 is 6.18 Å². The number of nitrogens with zero attached hydrogens (tertiary/aromatic N) is 1. The van der Waals surface area contributed by atoms with Crippen LogP contribution in [-0.2, 0) is 22.6 Å². The third-order valence-corrected chi connectivity index (χ3v) is 7.59. The van der Waals surface area contributed by atoms with Crippen LogP contribution in [0.2, 0.25) is 0 Å². The van der Waals surface area contributed by atoms with E-state index in [4.69, 9.17) is 0 Å².